The van der Waals surface area contributed by atoms with Crippen LogP contribution in [-0.2, 0) is 9.53 Å². The normalized spacial score (nSPS) is 24.5. The molecule has 0 aliphatic heterocycles. The van der Waals surface area contributed by atoms with Crippen LogP contribution in [0.15, 0.2) is 12.7 Å². The monoisotopic (exact) mass is 241 g/mol. The van der Waals surface area contributed by atoms with E-state index in [0.29, 0.717) is 19.3 Å². The van der Waals surface area contributed by atoms with Crippen molar-refractivity contribution in [2.75, 3.05) is 6.61 Å². The summed E-state index contributed by atoms with van der Waals surface area (Å²) in [6, 6.07) is 0.0247. The standard InChI is InChI=1S/C12H19NO4/c1-2-8-17-12(16)13-10-5-3-4-9(6-7-10)11(14)15/h2,9-10H,1,3-8H2,(H,13,16)(H,14,15). The molecule has 0 heterocycles. The van der Waals surface area contributed by atoms with Gasteiger partial charge in [-0.1, -0.05) is 19.1 Å². The van der Waals surface area contributed by atoms with Gasteiger partial charge in [0.25, 0.3) is 0 Å². The Hall–Kier alpha value is -1.52. The van der Waals surface area contributed by atoms with E-state index in [0.717, 1.165) is 12.8 Å². The predicted octanol–water partition coefficient (Wildman–Crippen LogP) is 1.93. The fourth-order valence-electron chi connectivity index (χ4n) is 2.04. The molecule has 5 nitrogen and oxygen atoms in total. The van der Waals surface area contributed by atoms with Crippen molar-refractivity contribution in [3.05, 3.63) is 12.7 Å². The van der Waals surface area contributed by atoms with Gasteiger partial charge in [0.2, 0.25) is 0 Å². The SMILES string of the molecule is C=CCOC(=O)NC1CCCC(C(=O)O)CC1. The van der Waals surface area contributed by atoms with Crippen molar-refractivity contribution in [1.82, 2.24) is 5.32 Å². The molecule has 1 aliphatic carbocycles. The number of carboxylic acid groups (broad SMARTS) is 1. The Morgan fingerprint density at radius 3 is 2.76 bits per heavy atom. The lowest BCUT2D eigenvalue weighted by Gasteiger charge is -2.15. The molecule has 0 bridgehead atoms. The summed E-state index contributed by atoms with van der Waals surface area (Å²) in [5.41, 5.74) is 0. The highest BCUT2D eigenvalue weighted by molar-refractivity contribution is 5.70. The van der Waals surface area contributed by atoms with E-state index in [4.69, 9.17) is 9.84 Å². The van der Waals surface area contributed by atoms with E-state index in [1.54, 1.807) is 0 Å². The first kappa shape index (κ1) is 13.5. The van der Waals surface area contributed by atoms with Crippen LogP contribution in [-0.4, -0.2) is 29.8 Å². The van der Waals surface area contributed by atoms with Gasteiger partial charge in [0, 0.05) is 6.04 Å². The van der Waals surface area contributed by atoms with Crippen LogP contribution in [0.25, 0.3) is 0 Å². The van der Waals surface area contributed by atoms with E-state index in [2.05, 4.69) is 11.9 Å². The maximum atomic E-state index is 11.3. The zero-order valence-corrected chi connectivity index (χ0v) is 9.85. The highest BCUT2D eigenvalue weighted by Crippen LogP contribution is 2.23. The fourth-order valence-corrected chi connectivity index (χ4v) is 2.04. The molecule has 96 valence electrons. The van der Waals surface area contributed by atoms with Gasteiger partial charge in [-0.25, -0.2) is 4.79 Å². The molecular formula is C12H19NO4. The van der Waals surface area contributed by atoms with Crippen molar-refractivity contribution in [1.29, 1.82) is 0 Å². The number of hydrogen-bond acceptors (Lipinski definition) is 3. The second-order valence-electron chi connectivity index (χ2n) is 4.27. The van der Waals surface area contributed by atoms with Crippen molar-refractivity contribution in [3.8, 4) is 0 Å². The zero-order valence-electron chi connectivity index (χ0n) is 9.85. The van der Waals surface area contributed by atoms with Gasteiger partial charge in [-0.2, -0.15) is 0 Å². The van der Waals surface area contributed by atoms with Gasteiger partial charge in [0.15, 0.2) is 0 Å². The topological polar surface area (TPSA) is 75.6 Å². The Balaban J connectivity index is 2.33. The van der Waals surface area contributed by atoms with Crippen molar-refractivity contribution >= 4 is 12.1 Å². The molecule has 1 rings (SSSR count). The van der Waals surface area contributed by atoms with E-state index in [-0.39, 0.29) is 18.6 Å². The Morgan fingerprint density at radius 1 is 1.35 bits per heavy atom. The average Bonchev–Trinajstić information content (AvgIpc) is 2.52. The Morgan fingerprint density at radius 2 is 2.12 bits per heavy atom. The lowest BCUT2D eigenvalue weighted by molar-refractivity contribution is -0.142. The number of hydrogen-bond donors (Lipinski definition) is 2. The second kappa shape index (κ2) is 6.93. The predicted molar refractivity (Wildman–Crippen MR) is 62.7 cm³/mol. The molecule has 0 aromatic carbocycles. The third-order valence-electron chi connectivity index (χ3n) is 2.97. The molecule has 2 unspecified atom stereocenters. The molecular weight excluding hydrogens is 222 g/mol. The van der Waals surface area contributed by atoms with E-state index in [1.165, 1.54) is 6.08 Å². The van der Waals surface area contributed by atoms with E-state index < -0.39 is 12.1 Å². The fraction of sp³-hybridized carbons (Fsp3) is 0.667. The first-order valence-corrected chi connectivity index (χ1v) is 5.90. The third kappa shape index (κ3) is 4.89. The summed E-state index contributed by atoms with van der Waals surface area (Å²) < 4.78 is 4.82. The van der Waals surface area contributed by atoms with Gasteiger partial charge >= 0.3 is 12.1 Å². The third-order valence-corrected chi connectivity index (χ3v) is 2.97. The molecule has 1 amide bonds. The molecule has 1 saturated carbocycles. The Bertz CT molecular complexity index is 290. The van der Waals surface area contributed by atoms with E-state index in [9.17, 15) is 9.59 Å². The quantitative estimate of drug-likeness (QED) is 0.582. The minimum Gasteiger partial charge on any atom is -0.481 e. The van der Waals surface area contributed by atoms with Crippen LogP contribution in [0.1, 0.15) is 32.1 Å². The number of amides is 1. The van der Waals surface area contributed by atoms with Crippen LogP contribution in [0.3, 0.4) is 0 Å². The number of carbonyl (C=O) groups is 2. The maximum absolute atomic E-state index is 11.3. The molecule has 5 heteroatoms. The molecule has 0 saturated heterocycles. The van der Waals surface area contributed by atoms with E-state index in [1.807, 2.05) is 0 Å². The minimum atomic E-state index is -0.736. The summed E-state index contributed by atoms with van der Waals surface area (Å²) in [6.45, 7) is 3.64. The number of alkyl carbamates (subject to hydrolysis) is 1. The van der Waals surface area contributed by atoms with Crippen LogP contribution in [0.2, 0.25) is 0 Å². The summed E-state index contributed by atoms with van der Waals surface area (Å²) in [6.07, 6.45) is 4.68. The summed E-state index contributed by atoms with van der Waals surface area (Å²) >= 11 is 0. The molecule has 0 spiro atoms. The molecule has 1 fully saturated rings. The highest BCUT2D eigenvalue weighted by atomic mass is 16.5. The van der Waals surface area contributed by atoms with Crippen molar-refractivity contribution < 1.29 is 19.4 Å². The molecule has 1 aliphatic rings. The smallest absolute Gasteiger partial charge is 0.407 e. The number of ether oxygens (including phenoxy) is 1. The second-order valence-corrected chi connectivity index (χ2v) is 4.27. The van der Waals surface area contributed by atoms with Crippen LogP contribution in [0.5, 0.6) is 0 Å². The molecule has 0 aromatic heterocycles. The highest BCUT2D eigenvalue weighted by Gasteiger charge is 2.24. The minimum absolute atomic E-state index is 0.0247. The molecule has 2 N–H and O–H groups in total. The molecule has 0 aromatic rings. The van der Waals surface area contributed by atoms with Gasteiger partial charge in [0.1, 0.15) is 6.61 Å². The molecule has 17 heavy (non-hydrogen) atoms. The number of carboxylic acids is 1. The van der Waals surface area contributed by atoms with E-state index >= 15 is 0 Å². The Labute approximate surface area is 101 Å². The molecule has 0 radical (unpaired) electrons. The summed E-state index contributed by atoms with van der Waals surface area (Å²) in [5, 5.41) is 11.7. The number of carbonyl (C=O) groups excluding carboxylic acids is 1. The van der Waals surface area contributed by atoms with Gasteiger partial charge in [0.05, 0.1) is 5.92 Å². The van der Waals surface area contributed by atoms with Crippen LogP contribution < -0.4 is 5.32 Å². The first-order chi connectivity index (χ1) is 8.13. The van der Waals surface area contributed by atoms with Gasteiger partial charge in [-0.3, -0.25) is 4.79 Å². The van der Waals surface area contributed by atoms with Crippen molar-refractivity contribution in [3.63, 3.8) is 0 Å². The summed E-state index contributed by atoms with van der Waals surface area (Å²) in [4.78, 5) is 22.2. The van der Waals surface area contributed by atoms with Crippen LogP contribution in [0.4, 0.5) is 4.79 Å². The van der Waals surface area contributed by atoms with Gasteiger partial charge in [-0.15, -0.1) is 0 Å². The number of rotatable bonds is 4. The maximum Gasteiger partial charge on any atom is 0.407 e. The van der Waals surface area contributed by atoms with Crippen molar-refractivity contribution in [2.45, 2.75) is 38.1 Å². The van der Waals surface area contributed by atoms with Crippen molar-refractivity contribution in [2.24, 2.45) is 5.92 Å². The zero-order chi connectivity index (χ0) is 12.7. The number of aliphatic carboxylic acids is 1. The summed E-state index contributed by atoms with van der Waals surface area (Å²) in [5.74, 6) is -1.01. The average molecular weight is 241 g/mol. The first-order valence-electron chi connectivity index (χ1n) is 5.90. The van der Waals surface area contributed by atoms with Crippen LogP contribution >= 0.6 is 0 Å². The van der Waals surface area contributed by atoms with Gasteiger partial charge < -0.3 is 15.2 Å². The largest absolute Gasteiger partial charge is 0.481 e. The van der Waals surface area contributed by atoms with Gasteiger partial charge in [-0.05, 0) is 25.7 Å². The summed E-state index contributed by atoms with van der Waals surface area (Å²) in [7, 11) is 0. The number of nitrogens with one attached hydrogen (secondary N) is 1. The lowest BCUT2D eigenvalue weighted by atomic mass is 10.0. The molecule has 2 atom stereocenters. The Kier molecular flexibility index (Phi) is 5.52. The van der Waals surface area contributed by atoms with Crippen LogP contribution in [0, 0.1) is 5.92 Å². The lowest BCUT2D eigenvalue weighted by Crippen LogP contribution is -2.35.